The summed E-state index contributed by atoms with van der Waals surface area (Å²) in [6.45, 7) is 2.42. The summed E-state index contributed by atoms with van der Waals surface area (Å²) in [5, 5.41) is 5.81. The van der Waals surface area contributed by atoms with E-state index in [0.29, 0.717) is 6.54 Å². The molecule has 25 heavy (non-hydrogen) atoms. The fraction of sp³-hybridized carbons (Fsp3) is 0.611. The Hall–Kier alpha value is -1.60. The van der Waals surface area contributed by atoms with Gasteiger partial charge in [0.1, 0.15) is 0 Å². The van der Waals surface area contributed by atoms with Gasteiger partial charge in [0, 0.05) is 5.69 Å². The SMILES string of the molecule is CNCC(C)CS(=O)(=O)NC(=O)Nc1c2c(cc3c1CCC3)CCC2. The molecular formula is C18H27N3O3S. The third-order valence-electron chi connectivity index (χ3n) is 5.02. The predicted molar refractivity (Wildman–Crippen MR) is 99.5 cm³/mol. The van der Waals surface area contributed by atoms with E-state index in [1.54, 1.807) is 7.05 Å². The number of anilines is 1. The molecule has 1 unspecified atom stereocenters. The zero-order valence-corrected chi connectivity index (χ0v) is 15.8. The number of sulfonamides is 1. The summed E-state index contributed by atoms with van der Waals surface area (Å²) in [7, 11) is -1.87. The molecule has 6 nitrogen and oxygen atoms in total. The second kappa shape index (κ2) is 7.33. The minimum absolute atomic E-state index is 0.0690. The molecule has 0 saturated carbocycles. The molecule has 2 amide bonds. The first-order valence-corrected chi connectivity index (χ1v) is 10.7. The molecule has 0 aromatic heterocycles. The van der Waals surface area contributed by atoms with Crippen LogP contribution in [0.2, 0.25) is 0 Å². The molecule has 1 atom stereocenters. The summed E-state index contributed by atoms with van der Waals surface area (Å²) < 4.78 is 26.5. The third kappa shape index (κ3) is 4.15. The number of urea groups is 1. The molecule has 0 spiro atoms. The second-order valence-electron chi connectivity index (χ2n) is 7.23. The highest BCUT2D eigenvalue weighted by Gasteiger charge is 2.26. The summed E-state index contributed by atoms with van der Waals surface area (Å²) in [4.78, 5) is 12.4. The molecule has 0 fully saturated rings. The lowest BCUT2D eigenvalue weighted by Crippen LogP contribution is -2.39. The van der Waals surface area contributed by atoms with Crippen molar-refractivity contribution >= 4 is 21.7 Å². The molecule has 1 aromatic rings. The lowest BCUT2D eigenvalue weighted by Gasteiger charge is -2.17. The van der Waals surface area contributed by atoms with Gasteiger partial charge in [0.15, 0.2) is 0 Å². The fourth-order valence-corrected chi connectivity index (χ4v) is 5.35. The van der Waals surface area contributed by atoms with Crippen LogP contribution in [0, 0.1) is 5.92 Å². The smallest absolute Gasteiger partial charge is 0.319 e. The number of nitrogens with one attached hydrogen (secondary N) is 3. The van der Waals surface area contributed by atoms with Crippen molar-refractivity contribution in [2.24, 2.45) is 5.92 Å². The molecule has 7 heteroatoms. The average Bonchev–Trinajstić information content (AvgIpc) is 3.14. The highest BCUT2D eigenvalue weighted by Crippen LogP contribution is 2.38. The normalized spacial score (nSPS) is 17.0. The van der Waals surface area contributed by atoms with E-state index >= 15 is 0 Å². The van der Waals surface area contributed by atoms with E-state index in [2.05, 4.69) is 21.4 Å². The third-order valence-corrected chi connectivity index (χ3v) is 6.52. The molecule has 3 N–H and O–H groups in total. The van der Waals surface area contributed by atoms with Gasteiger partial charge in [-0.2, -0.15) is 0 Å². The number of carbonyl (C=O) groups is 1. The van der Waals surface area contributed by atoms with Gasteiger partial charge in [-0.25, -0.2) is 17.9 Å². The Morgan fingerprint density at radius 1 is 1.12 bits per heavy atom. The Bertz CT molecular complexity index is 742. The van der Waals surface area contributed by atoms with Crippen molar-refractivity contribution < 1.29 is 13.2 Å². The number of benzene rings is 1. The van der Waals surface area contributed by atoms with Crippen molar-refractivity contribution in [1.82, 2.24) is 10.0 Å². The van der Waals surface area contributed by atoms with Gasteiger partial charge < -0.3 is 10.6 Å². The molecule has 138 valence electrons. The number of aryl methyl sites for hydroxylation is 2. The first-order valence-electron chi connectivity index (χ1n) is 9.02. The number of fused-ring (bicyclic) bond motifs is 2. The first kappa shape index (κ1) is 18.2. The standard InChI is InChI=1S/C18H27N3O3S/c1-12(10-19-2)11-25(23,24)21-18(22)20-17-15-7-3-5-13(15)9-14-6-4-8-16(14)17/h9,12,19H,3-8,10-11H2,1-2H3,(H2,20,21,22). The van der Waals surface area contributed by atoms with Crippen LogP contribution in [-0.2, 0) is 35.7 Å². The largest absolute Gasteiger partial charge is 0.332 e. The molecular weight excluding hydrogens is 338 g/mol. The maximum atomic E-state index is 12.4. The Morgan fingerprint density at radius 3 is 2.28 bits per heavy atom. The van der Waals surface area contributed by atoms with Gasteiger partial charge >= 0.3 is 6.03 Å². The van der Waals surface area contributed by atoms with E-state index in [9.17, 15) is 13.2 Å². The van der Waals surface area contributed by atoms with Crippen LogP contribution >= 0.6 is 0 Å². The highest BCUT2D eigenvalue weighted by molar-refractivity contribution is 7.90. The van der Waals surface area contributed by atoms with Crippen molar-refractivity contribution in [1.29, 1.82) is 0 Å². The predicted octanol–water partition coefficient (Wildman–Crippen LogP) is 1.97. The maximum Gasteiger partial charge on any atom is 0.332 e. The molecule has 3 rings (SSSR count). The van der Waals surface area contributed by atoms with E-state index in [0.717, 1.165) is 44.2 Å². The van der Waals surface area contributed by atoms with E-state index < -0.39 is 16.1 Å². The van der Waals surface area contributed by atoms with Crippen LogP contribution in [0.4, 0.5) is 10.5 Å². The Kier molecular flexibility index (Phi) is 5.34. The van der Waals surface area contributed by atoms with E-state index in [4.69, 9.17) is 0 Å². The topological polar surface area (TPSA) is 87.3 Å². The zero-order valence-electron chi connectivity index (χ0n) is 14.9. The van der Waals surface area contributed by atoms with Crippen LogP contribution in [0.25, 0.3) is 0 Å². The molecule has 0 heterocycles. The minimum Gasteiger partial charge on any atom is -0.319 e. The van der Waals surface area contributed by atoms with Gasteiger partial charge in [0.2, 0.25) is 10.0 Å². The van der Waals surface area contributed by atoms with Crippen molar-refractivity contribution in [3.8, 4) is 0 Å². The van der Waals surface area contributed by atoms with Crippen LogP contribution in [0.1, 0.15) is 42.0 Å². The van der Waals surface area contributed by atoms with Crippen LogP contribution in [0.15, 0.2) is 6.07 Å². The fourth-order valence-electron chi connectivity index (χ4n) is 4.07. The molecule has 1 aromatic carbocycles. The number of rotatable bonds is 6. The monoisotopic (exact) mass is 365 g/mol. The number of carbonyl (C=O) groups excluding carboxylic acids is 1. The lowest BCUT2D eigenvalue weighted by atomic mass is 9.99. The molecule has 2 aliphatic carbocycles. The minimum atomic E-state index is -3.65. The summed E-state index contributed by atoms with van der Waals surface area (Å²) >= 11 is 0. The highest BCUT2D eigenvalue weighted by atomic mass is 32.2. The summed E-state index contributed by atoms with van der Waals surface area (Å²) in [5.41, 5.74) is 5.86. The Labute approximate surface area is 149 Å². The molecule has 0 saturated heterocycles. The van der Waals surface area contributed by atoms with Crippen molar-refractivity contribution in [3.05, 3.63) is 28.3 Å². The van der Waals surface area contributed by atoms with Gasteiger partial charge in [0.05, 0.1) is 5.75 Å². The number of amides is 2. The summed E-state index contributed by atoms with van der Waals surface area (Å²) in [5.74, 6) is -0.146. The molecule has 0 radical (unpaired) electrons. The maximum absolute atomic E-state index is 12.4. The number of hydrogen-bond acceptors (Lipinski definition) is 4. The van der Waals surface area contributed by atoms with Crippen LogP contribution < -0.4 is 15.4 Å². The second-order valence-corrected chi connectivity index (χ2v) is 9.00. The number of hydrogen-bond donors (Lipinski definition) is 3. The van der Waals surface area contributed by atoms with E-state index in [1.165, 1.54) is 22.3 Å². The molecule has 0 bridgehead atoms. The Balaban J connectivity index is 1.74. The van der Waals surface area contributed by atoms with Gasteiger partial charge in [0.25, 0.3) is 0 Å². The van der Waals surface area contributed by atoms with Gasteiger partial charge in [-0.05, 0) is 80.3 Å². The average molecular weight is 365 g/mol. The van der Waals surface area contributed by atoms with Crippen LogP contribution in [-0.4, -0.2) is 33.8 Å². The van der Waals surface area contributed by atoms with Crippen molar-refractivity contribution in [2.75, 3.05) is 24.7 Å². The quantitative estimate of drug-likeness (QED) is 0.719. The molecule has 2 aliphatic rings. The van der Waals surface area contributed by atoms with Gasteiger partial charge in [-0.1, -0.05) is 13.0 Å². The Morgan fingerprint density at radius 2 is 1.72 bits per heavy atom. The summed E-state index contributed by atoms with van der Waals surface area (Å²) in [6.07, 6.45) is 6.16. The first-order chi connectivity index (χ1) is 11.9. The lowest BCUT2D eigenvalue weighted by molar-refractivity contribution is 0.256. The van der Waals surface area contributed by atoms with Crippen LogP contribution in [0.5, 0.6) is 0 Å². The van der Waals surface area contributed by atoms with E-state index in [-0.39, 0.29) is 11.7 Å². The zero-order chi connectivity index (χ0) is 18.0. The van der Waals surface area contributed by atoms with Gasteiger partial charge in [-0.15, -0.1) is 0 Å². The summed E-state index contributed by atoms with van der Waals surface area (Å²) in [6, 6.07) is 1.63. The van der Waals surface area contributed by atoms with Gasteiger partial charge in [-0.3, -0.25) is 0 Å². The van der Waals surface area contributed by atoms with Crippen LogP contribution in [0.3, 0.4) is 0 Å². The van der Waals surface area contributed by atoms with E-state index in [1.807, 2.05) is 6.92 Å². The van der Waals surface area contributed by atoms with Crippen molar-refractivity contribution in [2.45, 2.75) is 45.4 Å². The van der Waals surface area contributed by atoms with Crippen molar-refractivity contribution in [3.63, 3.8) is 0 Å². The molecule has 0 aliphatic heterocycles.